The molecule has 1 aliphatic heterocycles. The smallest absolute Gasteiger partial charge is 0.141 e. The van der Waals surface area contributed by atoms with Gasteiger partial charge in [0.2, 0.25) is 0 Å². The van der Waals surface area contributed by atoms with Gasteiger partial charge in [-0.3, -0.25) is 4.99 Å². The van der Waals surface area contributed by atoms with E-state index in [1.165, 1.54) is 95.9 Å². The summed E-state index contributed by atoms with van der Waals surface area (Å²) in [6.07, 6.45) is 21.4. The zero-order valence-electron chi connectivity index (χ0n) is 26.9. The summed E-state index contributed by atoms with van der Waals surface area (Å²) in [5, 5.41) is 3.60. The summed E-state index contributed by atoms with van der Waals surface area (Å²) < 4.78 is 0. The molecule has 5 rings (SSSR count). The van der Waals surface area contributed by atoms with Gasteiger partial charge in [-0.05, 0) is 119 Å². The van der Waals surface area contributed by atoms with Crippen LogP contribution in [0.15, 0.2) is 29.3 Å². The predicted molar refractivity (Wildman–Crippen MR) is 173 cm³/mol. The van der Waals surface area contributed by atoms with Crippen LogP contribution in [0.3, 0.4) is 0 Å². The fourth-order valence-corrected chi connectivity index (χ4v) is 10.1. The second-order valence-electron chi connectivity index (χ2n) is 14.8. The van der Waals surface area contributed by atoms with E-state index in [0.717, 1.165) is 42.0 Å². The Bertz CT molecular complexity index is 928. The summed E-state index contributed by atoms with van der Waals surface area (Å²) in [5.74, 6) is 3.96. The van der Waals surface area contributed by atoms with Crippen LogP contribution < -0.4 is 5.32 Å². The lowest BCUT2D eigenvalue weighted by atomic mass is 9.47. The summed E-state index contributed by atoms with van der Waals surface area (Å²) in [6.45, 7) is 18.7. The van der Waals surface area contributed by atoms with E-state index in [9.17, 15) is 4.79 Å². The lowest BCUT2D eigenvalue weighted by Gasteiger charge is -2.57. The molecule has 5 fully saturated rings. The van der Waals surface area contributed by atoms with Crippen LogP contribution in [0.5, 0.6) is 0 Å². The lowest BCUT2D eigenvalue weighted by Crippen LogP contribution is -2.50. The molecule has 0 spiro atoms. The highest BCUT2D eigenvalue weighted by Gasteiger charge is 2.58. The van der Waals surface area contributed by atoms with Crippen molar-refractivity contribution >= 4 is 12.0 Å². The van der Waals surface area contributed by atoms with Crippen LogP contribution in [0.25, 0.3) is 0 Å². The Morgan fingerprint density at radius 3 is 2.55 bits per heavy atom. The Morgan fingerprint density at radius 2 is 1.95 bits per heavy atom. The summed E-state index contributed by atoms with van der Waals surface area (Å²) in [7, 11) is 2.29. The Hall–Kier alpha value is -1.26. The third-order valence-electron chi connectivity index (χ3n) is 12.4. The van der Waals surface area contributed by atoms with Gasteiger partial charge in [0.15, 0.2) is 0 Å². The zero-order valence-corrected chi connectivity index (χ0v) is 26.9. The molecule has 228 valence electrons. The van der Waals surface area contributed by atoms with Crippen molar-refractivity contribution in [2.75, 3.05) is 26.7 Å². The van der Waals surface area contributed by atoms with E-state index in [0.29, 0.717) is 23.3 Å². The highest BCUT2D eigenvalue weighted by molar-refractivity contribution is 5.86. The van der Waals surface area contributed by atoms with Crippen LogP contribution in [0, 0.1) is 40.4 Å². The molecule has 5 aliphatic rings. The molecule has 40 heavy (non-hydrogen) atoms. The highest BCUT2D eigenvalue weighted by Crippen LogP contribution is 2.66. The van der Waals surface area contributed by atoms with Crippen LogP contribution >= 0.6 is 0 Å². The van der Waals surface area contributed by atoms with Gasteiger partial charge in [-0.2, -0.15) is 0 Å². The molecule has 8 atom stereocenters. The number of hydrogen-bond donors (Lipinski definition) is 1. The summed E-state index contributed by atoms with van der Waals surface area (Å²) >= 11 is 0. The van der Waals surface area contributed by atoms with Crippen molar-refractivity contribution in [3.8, 4) is 0 Å². The minimum atomic E-state index is 0. The average Bonchev–Trinajstić information content (AvgIpc) is 3.46. The zero-order chi connectivity index (χ0) is 28.9. The molecule has 0 radical (unpaired) electrons. The third kappa shape index (κ3) is 6.54. The monoisotopic (exact) mass is 553 g/mol. The van der Waals surface area contributed by atoms with E-state index < -0.39 is 0 Å². The number of aliphatic imine (C=N–C) groups is 1. The van der Waals surface area contributed by atoms with Crippen LogP contribution in [-0.2, 0) is 4.79 Å². The van der Waals surface area contributed by atoms with Gasteiger partial charge < -0.3 is 15.0 Å². The number of carbonyl (C=O) groups excluding carboxylic acids is 1. The van der Waals surface area contributed by atoms with Gasteiger partial charge in [0, 0.05) is 31.7 Å². The minimum absolute atomic E-state index is 0. The van der Waals surface area contributed by atoms with Crippen molar-refractivity contribution in [3.05, 3.63) is 24.3 Å². The quantitative estimate of drug-likeness (QED) is 0.232. The molecular weight excluding hydrogens is 490 g/mol. The van der Waals surface area contributed by atoms with Crippen molar-refractivity contribution in [1.29, 1.82) is 0 Å². The van der Waals surface area contributed by atoms with Gasteiger partial charge in [-0.15, -0.1) is 0 Å². The maximum absolute atomic E-state index is 10.8. The maximum atomic E-state index is 10.8. The molecule has 8 unspecified atom stereocenters. The Balaban J connectivity index is 0.000000276. The number of aldehydes is 1. The van der Waals surface area contributed by atoms with E-state index in [-0.39, 0.29) is 1.43 Å². The van der Waals surface area contributed by atoms with Crippen molar-refractivity contribution in [2.24, 2.45) is 45.4 Å². The first-order chi connectivity index (χ1) is 19.2. The number of fused-ring (bicyclic) bond motifs is 3. The maximum Gasteiger partial charge on any atom is 0.141 e. The van der Waals surface area contributed by atoms with Crippen LogP contribution in [-0.4, -0.2) is 55.7 Å². The Morgan fingerprint density at radius 1 is 1.18 bits per heavy atom. The van der Waals surface area contributed by atoms with Gasteiger partial charge in [0.05, 0.1) is 6.54 Å². The molecule has 4 nitrogen and oxygen atoms in total. The van der Waals surface area contributed by atoms with E-state index in [1.807, 2.05) is 6.08 Å². The number of carbonyl (C=O) groups is 1. The number of allylic oxidation sites excluding steroid dienone is 3. The number of nitrogens with one attached hydrogen (secondary N) is 1. The fourth-order valence-electron chi connectivity index (χ4n) is 10.1. The summed E-state index contributed by atoms with van der Waals surface area (Å²) in [4.78, 5) is 17.9. The van der Waals surface area contributed by atoms with Gasteiger partial charge >= 0.3 is 0 Å². The Labute approximate surface area is 248 Å². The first-order valence-electron chi connectivity index (χ1n) is 16.9. The first-order valence-corrected chi connectivity index (χ1v) is 16.9. The number of hydrogen-bond acceptors (Lipinski definition) is 4. The first kappa shape index (κ1) is 31.7. The minimum Gasteiger partial charge on any atom is -0.312 e. The molecule has 0 bridgehead atoms. The Kier molecular flexibility index (Phi) is 10.9. The van der Waals surface area contributed by atoms with Gasteiger partial charge in [-0.25, -0.2) is 0 Å². The van der Waals surface area contributed by atoms with Crippen molar-refractivity contribution in [1.82, 2.24) is 10.2 Å². The SMILES string of the molecule is C=C/C=C1/CCC2C(CCC3(C)C(C(C)=NCC=O)CCC23)C1(C)CCC.CC1CNC(CN(C)C2CCC2)C1.[HH]. The van der Waals surface area contributed by atoms with Crippen molar-refractivity contribution in [2.45, 2.75) is 124 Å². The molecule has 0 aromatic rings. The molecule has 4 heteroatoms. The topological polar surface area (TPSA) is 44.7 Å². The highest BCUT2D eigenvalue weighted by atomic mass is 16.1. The van der Waals surface area contributed by atoms with Crippen molar-refractivity contribution in [3.63, 3.8) is 0 Å². The summed E-state index contributed by atoms with van der Waals surface area (Å²) in [5.41, 5.74) is 3.61. The van der Waals surface area contributed by atoms with Gasteiger partial charge in [0.1, 0.15) is 6.29 Å². The van der Waals surface area contributed by atoms with Crippen molar-refractivity contribution < 1.29 is 6.22 Å². The van der Waals surface area contributed by atoms with E-state index in [1.54, 1.807) is 5.57 Å². The van der Waals surface area contributed by atoms with E-state index >= 15 is 0 Å². The van der Waals surface area contributed by atoms with Gasteiger partial charge in [0.25, 0.3) is 0 Å². The standard InChI is InChI=1S/C25H39NO.C11H22N2.H2/c1-6-8-19-9-10-20-22-12-11-21(18(3)26-16-17-27)25(22,5)15-13-23(20)24(19,4)14-7-2;1-9-6-10(12-7-9)8-13(2)11-4-3-5-11;/h6,8,17,20-23H,1,7,9-16H2,2-5H3;9-12H,3-8H2,1-2H3;1H/b19-8-,26-18?;;. The molecule has 4 aliphatic carbocycles. The summed E-state index contributed by atoms with van der Waals surface area (Å²) in [6, 6.07) is 1.67. The normalized spacial score (nSPS) is 40.7. The van der Waals surface area contributed by atoms with E-state index in [2.05, 4.69) is 69.5 Å². The molecule has 0 aromatic heterocycles. The van der Waals surface area contributed by atoms with Gasteiger partial charge in [-0.1, -0.05) is 64.8 Å². The molecule has 0 aromatic carbocycles. The predicted octanol–water partition coefficient (Wildman–Crippen LogP) is 8.13. The third-order valence-corrected chi connectivity index (χ3v) is 12.4. The number of nitrogens with zero attached hydrogens (tertiary/aromatic N) is 2. The van der Waals surface area contributed by atoms with Crippen LogP contribution in [0.2, 0.25) is 0 Å². The van der Waals surface area contributed by atoms with E-state index in [4.69, 9.17) is 0 Å². The largest absolute Gasteiger partial charge is 0.312 e. The molecule has 4 saturated carbocycles. The van der Waals surface area contributed by atoms with Crippen LogP contribution in [0.1, 0.15) is 113 Å². The molecular formula is C36H63N3O. The second kappa shape index (κ2) is 13.8. The molecule has 1 saturated heterocycles. The number of likely N-dealkylation sites (N-methyl/N-ethyl adjacent to an activating group) is 1. The fraction of sp³-hybridized carbons (Fsp3) is 0.833. The average molecular weight is 554 g/mol. The number of rotatable bonds is 9. The lowest BCUT2D eigenvalue weighted by molar-refractivity contribution is -0.106. The molecule has 1 heterocycles. The second-order valence-corrected chi connectivity index (χ2v) is 14.8. The molecule has 0 amide bonds. The molecule has 1 N–H and O–H groups in total. The van der Waals surface area contributed by atoms with Crippen LogP contribution in [0.4, 0.5) is 0 Å².